The van der Waals surface area contributed by atoms with Crippen molar-refractivity contribution in [3.8, 4) is 11.5 Å². The maximum Gasteiger partial charge on any atom is 0.177 e. The highest BCUT2D eigenvalue weighted by Gasteiger charge is 2.15. The molecule has 0 bridgehead atoms. The van der Waals surface area contributed by atoms with Gasteiger partial charge in [0.05, 0.1) is 6.20 Å². The molecule has 0 fully saturated rings. The van der Waals surface area contributed by atoms with E-state index in [-0.39, 0.29) is 6.04 Å². The molecule has 0 aromatic carbocycles. The average molecular weight is 235 g/mol. The van der Waals surface area contributed by atoms with Gasteiger partial charge in [-0.3, -0.25) is 0 Å². The lowest BCUT2D eigenvalue weighted by Crippen LogP contribution is -2.05. The predicted octanol–water partition coefficient (Wildman–Crippen LogP) is 1.70. The summed E-state index contributed by atoms with van der Waals surface area (Å²) in [6.07, 6.45) is 1.77. The summed E-state index contributed by atoms with van der Waals surface area (Å²) in [6, 6.07) is 0.242. The van der Waals surface area contributed by atoms with Gasteiger partial charge in [0.15, 0.2) is 11.6 Å². The fourth-order valence-electron chi connectivity index (χ4n) is 1.64. The summed E-state index contributed by atoms with van der Waals surface area (Å²) in [7, 11) is 1.64. The lowest BCUT2D eigenvalue weighted by molar-refractivity contribution is 0.177. The minimum Gasteiger partial charge on any atom is -0.377 e. The number of methoxy groups -OCH3 is 1. The van der Waals surface area contributed by atoms with E-state index in [9.17, 15) is 0 Å². The van der Waals surface area contributed by atoms with Crippen molar-refractivity contribution in [3.63, 3.8) is 0 Å². The van der Waals surface area contributed by atoms with E-state index in [2.05, 4.69) is 33.9 Å². The summed E-state index contributed by atoms with van der Waals surface area (Å²) in [6.45, 7) is 6.46. The van der Waals surface area contributed by atoms with Crippen LogP contribution in [0.15, 0.2) is 6.20 Å². The van der Waals surface area contributed by atoms with E-state index in [1.54, 1.807) is 13.3 Å². The molecule has 2 aromatic heterocycles. The molecule has 0 aliphatic heterocycles. The van der Waals surface area contributed by atoms with Crippen LogP contribution < -0.4 is 0 Å². The van der Waals surface area contributed by atoms with Gasteiger partial charge in [0.1, 0.15) is 18.1 Å². The number of hydrogen-bond donors (Lipinski definition) is 1. The summed E-state index contributed by atoms with van der Waals surface area (Å²) in [5.74, 6) is 2.35. The van der Waals surface area contributed by atoms with Crippen LogP contribution in [0.5, 0.6) is 0 Å². The molecular formula is C11H17N5O. The normalized spacial score (nSPS) is 11.4. The Kier molecular flexibility index (Phi) is 3.23. The molecule has 6 nitrogen and oxygen atoms in total. The maximum atomic E-state index is 5.05. The smallest absolute Gasteiger partial charge is 0.177 e. The third-order valence-electron chi connectivity index (χ3n) is 2.38. The molecule has 2 rings (SSSR count). The third kappa shape index (κ3) is 2.36. The molecule has 0 aliphatic carbocycles. The number of imidazole rings is 1. The van der Waals surface area contributed by atoms with Gasteiger partial charge in [-0.1, -0.05) is 0 Å². The van der Waals surface area contributed by atoms with E-state index >= 15 is 0 Å². The molecule has 0 atom stereocenters. The van der Waals surface area contributed by atoms with Crippen LogP contribution in [0.2, 0.25) is 0 Å². The van der Waals surface area contributed by atoms with Crippen molar-refractivity contribution in [2.45, 2.75) is 33.4 Å². The number of hydrogen-bond acceptors (Lipinski definition) is 4. The molecule has 0 spiro atoms. The van der Waals surface area contributed by atoms with Crippen molar-refractivity contribution >= 4 is 0 Å². The summed E-state index contributed by atoms with van der Waals surface area (Å²) < 4.78 is 6.93. The van der Waals surface area contributed by atoms with Gasteiger partial charge in [0.2, 0.25) is 0 Å². The van der Waals surface area contributed by atoms with Crippen molar-refractivity contribution in [1.29, 1.82) is 0 Å². The van der Waals surface area contributed by atoms with Gasteiger partial charge >= 0.3 is 0 Å². The number of aryl methyl sites for hydroxylation is 1. The minimum atomic E-state index is 0.242. The second kappa shape index (κ2) is 4.67. The maximum absolute atomic E-state index is 5.05. The monoisotopic (exact) mass is 235 g/mol. The van der Waals surface area contributed by atoms with Crippen LogP contribution >= 0.6 is 0 Å². The van der Waals surface area contributed by atoms with Crippen molar-refractivity contribution in [1.82, 2.24) is 24.7 Å². The first kappa shape index (κ1) is 11.8. The molecule has 2 aromatic rings. The highest BCUT2D eigenvalue weighted by Crippen LogP contribution is 2.19. The number of aromatic amines is 1. The first-order valence-corrected chi connectivity index (χ1v) is 5.58. The second-order valence-corrected chi connectivity index (χ2v) is 4.21. The van der Waals surface area contributed by atoms with E-state index in [1.165, 1.54) is 0 Å². The van der Waals surface area contributed by atoms with Crippen LogP contribution in [0.4, 0.5) is 0 Å². The zero-order chi connectivity index (χ0) is 12.4. The zero-order valence-electron chi connectivity index (χ0n) is 10.6. The van der Waals surface area contributed by atoms with Gasteiger partial charge < -0.3 is 9.72 Å². The molecule has 6 heteroatoms. The van der Waals surface area contributed by atoms with Gasteiger partial charge in [-0.15, -0.1) is 0 Å². The van der Waals surface area contributed by atoms with E-state index in [0.29, 0.717) is 12.4 Å². The Morgan fingerprint density at radius 3 is 2.76 bits per heavy atom. The number of ether oxygens (including phenoxy) is 1. The average Bonchev–Trinajstić information content (AvgIpc) is 2.84. The highest BCUT2D eigenvalue weighted by atomic mass is 16.5. The Morgan fingerprint density at radius 2 is 2.24 bits per heavy atom. The van der Waals surface area contributed by atoms with E-state index in [0.717, 1.165) is 17.3 Å². The van der Waals surface area contributed by atoms with Gasteiger partial charge in [-0.25, -0.2) is 14.6 Å². The fourth-order valence-corrected chi connectivity index (χ4v) is 1.64. The van der Waals surface area contributed by atoms with E-state index in [1.807, 2.05) is 11.6 Å². The van der Waals surface area contributed by atoms with Gasteiger partial charge in [-0.05, 0) is 20.8 Å². The first-order chi connectivity index (χ1) is 8.11. The molecule has 0 unspecified atom stereocenters. The second-order valence-electron chi connectivity index (χ2n) is 4.21. The van der Waals surface area contributed by atoms with Gasteiger partial charge in [-0.2, -0.15) is 5.10 Å². The summed E-state index contributed by atoms with van der Waals surface area (Å²) >= 11 is 0. The molecule has 0 radical (unpaired) electrons. The number of rotatable bonds is 4. The molecule has 0 saturated carbocycles. The Labute approximate surface area is 100 Å². The van der Waals surface area contributed by atoms with Crippen LogP contribution in [0, 0.1) is 6.92 Å². The fraction of sp³-hybridized carbons (Fsp3) is 0.545. The lowest BCUT2D eigenvalue weighted by atomic mass is 10.3. The SMILES string of the molecule is COCc1nc(-c2cnc(C)[nH]2)n(C(C)C)n1. The highest BCUT2D eigenvalue weighted by molar-refractivity contribution is 5.48. The van der Waals surface area contributed by atoms with Crippen molar-refractivity contribution in [2.24, 2.45) is 0 Å². The number of aromatic nitrogens is 5. The van der Waals surface area contributed by atoms with Crippen LogP contribution in [0.1, 0.15) is 31.5 Å². The summed E-state index contributed by atoms with van der Waals surface area (Å²) in [5, 5.41) is 4.42. The largest absolute Gasteiger partial charge is 0.377 e. The molecule has 0 aliphatic rings. The molecule has 0 amide bonds. The number of H-pyrrole nitrogens is 1. The Morgan fingerprint density at radius 1 is 1.47 bits per heavy atom. The predicted molar refractivity (Wildman–Crippen MR) is 63.4 cm³/mol. The third-order valence-corrected chi connectivity index (χ3v) is 2.38. The summed E-state index contributed by atoms with van der Waals surface area (Å²) in [5.41, 5.74) is 0.881. The van der Waals surface area contributed by atoms with E-state index < -0.39 is 0 Å². The minimum absolute atomic E-state index is 0.242. The number of nitrogens with zero attached hydrogens (tertiary/aromatic N) is 4. The standard InChI is InChI=1S/C11H17N5O/c1-7(2)16-11(9-5-12-8(3)13-9)14-10(15-16)6-17-4/h5,7H,6H2,1-4H3,(H,12,13). The molecule has 2 heterocycles. The van der Waals surface area contributed by atoms with Crippen molar-refractivity contribution in [2.75, 3.05) is 7.11 Å². The van der Waals surface area contributed by atoms with Crippen molar-refractivity contribution < 1.29 is 4.74 Å². The van der Waals surface area contributed by atoms with Crippen LogP contribution in [0.3, 0.4) is 0 Å². The van der Waals surface area contributed by atoms with Gasteiger partial charge in [0.25, 0.3) is 0 Å². The molecule has 0 saturated heterocycles. The van der Waals surface area contributed by atoms with E-state index in [4.69, 9.17) is 4.74 Å². The molecular weight excluding hydrogens is 218 g/mol. The van der Waals surface area contributed by atoms with Crippen LogP contribution in [0.25, 0.3) is 11.5 Å². The Balaban J connectivity index is 2.44. The van der Waals surface area contributed by atoms with Crippen LogP contribution in [-0.4, -0.2) is 31.8 Å². The zero-order valence-corrected chi connectivity index (χ0v) is 10.6. The van der Waals surface area contributed by atoms with Crippen LogP contribution in [-0.2, 0) is 11.3 Å². The topological polar surface area (TPSA) is 68.6 Å². The Bertz CT molecular complexity index is 500. The lowest BCUT2D eigenvalue weighted by Gasteiger charge is -2.07. The molecule has 1 N–H and O–H groups in total. The number of nitrogens with one attached hydrogen (secondary N) is 1. The van der Waals surface area contributed by atoms with Crippen molar-refractivity contribution in [3.05, 3.63) is 17.8 Å². The molecule has 92 valence electrons. The molecule has 17 heavy (non-hydrogen) atoms. The Hall–Kier alpha value is -1.69. The van der Waals surface area contributed by atoms with Gasteiger partial charge in [0, 0.05) is 13.2 Å². The summed E-state index contributed by atoms with van der Waals surface area (Å²) in [4.78, 5) is 11.8. The first-order valence-electron chi connectivity index (χ1n) is 5.58. The quantitative estimate of drug-likeness (QED) is 0.875.